The van der Waals surface area contributed by atoms with Crippen LogP contribution in [0.1, 0.15) is 18.9 Å². The Hall–Kier alpha value is -1.42. The van der Waals surface area contributed by atoms with Gasteiger partial charge in [0.15, 0.2) is 0 Å². The highest BCUT2D eigenvalue weighted by molar-refractivity contribution is 5.73. The Labute approximate surface area is 87.9 Å². The second-order valence-corrected chi connectivity index (χ2v) is 3.31. The molecule has 1 aromatic rings. The number of hydrogen-bond donors (Lipinski definition) is 2. The maximum Gasteiger partial charge on any atom is 0.320 e. The minimum Gasteiger partial charge on any atom is -0.480 e. The lowest BCUT2D eigenvalue weighted by atomic mass is 10.2. The third-order valence-corrected chi connectivity index (χ3v) is 2.15. The van der Waals surface area contributed by atoms with Crippen LogP contribution >= 0.6 is 0 Å². The largest absolute Gasteiger partial charge is 0.480 e. The fourth-order valence-electron chi connectivity index (χ4n) is 1.29. The molecule has 0 aliphatic carbocycles. The van der Waals surface area contributed by atoms with Gasteiger partial charge in [0, 0.05) is 6.54 Å². The zero-order valence-electron chi connectivity index (χ0n) is 8.53. The van der Waals surface area contributed by atoms with Crippen molar-refractivity contribution in [2.75, 3.05) is 0 Å². The van der Waals surface area contributed by atoms with Crippen molar-refractivity contribution in [3.8, 4) is 0 Å². The van der Waals surface area contributed by atoms with Crippen molar-refractivity contribution in [1.29, 1.82) is 0 Å². The highest BCUT2D eigenvalue weighted by Crippen LogP contribution is 2.03. The Morgan fingerprint density at radius 1 is 1.60 bits per heavy atom. The van der Waals surface area contributed by atoms with Gasteiger partial charge in [-0.05, 0) is 24.1 Å². The van der Waals surface area contributed by atoms with Gasteiger partial charge in [-0.2, -0.15) is 0 Å². The Balaban J connectivity index is 2.52. The van der Waals surface area contributed by atoms with Crippen LogP contribution in [0.2, 0.25) is 0 Å². The molecule has 2 N–H and O–H groups in total. The summed E-state index contributed by atoms with van der Waals surface area (Å²) >= 11 is 0. The zero-order chi connectivity index (χ0) is 11.3. The van der Waals surface area contributed by atoms with Gasteiger partial charge in [-0.25, -0.2) is 4.39 Å². The quantitative estimate of drug-likeness (QED) is 0.780. The number of carboxylic acid groups (broad SMARTS) is 1. The van der Waals surface area contributed by atoms with Gasteiger partial charge in [-0.1, -0.05) is 19.1 Å². The molecule has 0 fully saturated rings. The van der Waals surface area contributed by atoms with Crippen LogP contribution in [0.5, 0.6) is 0 Å². The van der Waals surface area contributed by atoms with Gasteiger partial charge in [0.1, 0.15) is 11.9 Å². The monoisotopic (exact) mass is 211 g/mol. The predicted octanol–water partition coefficient (Wildman–Crippen LogP) is 1.78. The van der Waals surface area contributed by atoms with E-state index in [1.165, 1.54) is 12.1 Å². The van der Waals surface area contributed by atoms with E-state index in [1.54, 1.807) is 19.1 Å². The van der Waals surface area contributed by atoms with Crippen molar-refractivity contribution in [2.24, 2.45) is 0 Å². The van der Waals surface area contributed by atoms with Crippen molar-refractivity contribution in [3.63, 3.8) is 0 Å². The topological polar surface area (TPSA) is 49.3 Å². The second-order valence-electron chi connectivity index (χ2n) is 3.31. The summed E-state index contributed by atoms with van der Waals surface area (Å²) in [7, 11) is 0. The van der Waals surface area contributed by atoms with Gasteiger partial charge in [0.2, 0.25) is 0 Å². The van der Waals surface area contributed by atoms with Gasteiger partial charge < -0.3 is 10.4 Å². The third-order valence-electron chi connectivity index (χ3n) is 2.15. The molecule has 0 bridgehead atoms. The van der Waals surface area contributed by atoms with E-state index < -0.39 is 12.0 Å². The van der Waals surface area contributed by atoms with E-state index >= 15 is 0 Å². The normalized spacial score (nSPS) is 12.4. The lowest BCUT2D eigenvalue weighted by Crippen LogP contribution is -2.35. The van der Waals surface area contributed by atoms with Gasteiger partial charge in [0.05, 0.1) is 0 Å². The number of halogens is 1. The molecule has 82 valence electrons. The van der Waals surface area contributed by atoms with Crippen LogP contribution < -0.4 is 5.32 Å². The minimum atomic E-state index is -0.881. The van der Waals surface area contributed by atoms with Crippen LogP contribution in [0.15, 0.2) is 24.3 Å². The molecule has 3 nitrogen and oxygen atoms in total. The van der Waals surface area contributed by atoms with E-state index in [0.29, 0.717) is 13.0 Å². The molecule has 0 aliphatic heterocycles. The van der Waals surface area contributed by atoms with E-state index in [9.17, 15) is 9.18 Å². The van der Waals surface area contributed by atoms with E-state index in [4.69, 9.17) is 5.11 Å². The fourth-order valence-corrected chi connectivity index (χ4v) is 1.29. The SMILES string of the molecule is CCC(NCc1cccc(F)c1)C(=O)O. The molecule has 0 radical (unpaired) electrons. The number of aliphatic carboxylic acids is 1. The molecule has 0 aromatic heterocycles. The molecule has 0 saturated carbocycles. The smallest absolute Gasteiger partial charge is 0.320 e. The average molecular weight is 211 g/mol. The molecule has 1 unspecified atom stereocenters. The molecule has 0 aliphatic rings. The molecule has 1 atom stereocenters. The van der Waals surface area contributed by atoms with Gasteiger partial charge >= 0.3 is 5.97 Å². The summed E-state index contributed by atoms with van der Waals surface area (Å²) in [6.45, 7) is 2.15. The van der Waals surface area contributed by atoms with Crippen LogP contribution in [0.4, 0.5) is 4.39 Å². The van der Waals surface area contributed by atoms with Crippen molar-refractivity contribution in [2.45, 2.75) is 25.9 Å². The molecule has 0 spiro atoms. The van der Waals surface area contributed by atoms with Crippen molar-refractivity contribution >= 4 is 5.97 Å². The number of carbonyl (C=O) groups is 1. The van der Waals surface area contributed by atoms with Crippen LogP contribution in [-0.2, 0) is 11.3 Å². The predicted molar refractivity (Wildman–Crippen MR) is 55.0 cm³/mol. The Morgan fingerprint density at radius 2 is 2.33 bits per heavy atom. The summed E-state index contributed by atoms with van der Waals surface area (Å²) in [6, 6.07) is 5.53. The highest BCUT2D eigenvalue weighted by Gasteiger charge is 2.13. The van der Waals surface area contributed by atoms with Gasteiger partial charge in [-0.15, -0.1) is 0 Å². The van der Waals surface area contributed by atoms with Gasteiger partial charge in [-0.3, -0.25) is 4.79 Å². The van der Waals surface area contributed by atoms with Crippen LogP contribution in [0.25, 0.3) is 0 Å². The minimum absolute atomic E-state index is 0.308. The molecule has 1 aromatic carbocycles. The van der Waals surface area contributed by atoms with Crippen LogP contribution in [0, 0.1) is 5.82 Å². The van der Waals surface area contributed by atoms with Crippen molar-refractivity contribution < 1.29 is 14.3 Å². The number of benzene rings is 1. The van der Waals surface area contributed by atoms with E-state index in [1.807, 2.05) is 0 Å². The Morgan fingerprint density at radius 3 is 2.87 bits per heavy atom. The number of hydrogen-bond acceptors (Lipinski definition) is 2. The zero-order valence-corrected chi connectivity index (χ0v) is 8.53. The molecule has 15 heavy (non-hydrogen) atoms. The van der Waals surface area contributed by atoms with Crippen molar-refractivity contribution in [1.82, 2.24) is 5.32 Å². The maximum absolute atomic E-state index is 12.8. The summed E-state index contributed by atoms with van der Waals surface area (Å²) in [4.78, 5) is 10.7. The first-order chi connectivity index (χ1) is 7.13. The molecular weight excluding hydrogens is 197 g/mol. The van der Waals surface area contributed by atoms with Gasteiger partial charge in [0.25, 0.3) is 0 Å². The summed E-state index contributed by atoms with van der Waals surface area (Å²) < 4.78 is 12.8. The first kappa shape index (κ1) is 11.7. The average Bonchev–Trinajstić information content (AvgIpc) is 2.18. The molecule has 4 heteroatoms. The molecule has 0 saturated heterocycles. The summed E-state index contributed by atoms with van der Waals surface area (Å²) in [5.41, 5.74) is 0.745. The van der Waals surface area contributed by atoms with E-state index in [0.717, 1.165) is 5.56 Å². The third kappa shape index (κ3) is 3.67. The second kappa shape index (κ2) is 5.46. The standard InChI is InChI=1S/C11H14FNO2/c1-2-10(11(14)15)13-7-8-4-3-5-9(12)6-8/h3-6,10,13H,2,7H2,1H3,(H,14,15). The lowest BCUT2D eigenvalue weighted by Gasteiger charge is -2.11. The molecule has 0 amide bonds. The molecular formula is C11H14FNO2. The Kier molecular flexibility index (Phi) is 4.24. The summed E-state index contributed by atoms with van der Waals surface area (Å²) in [5, 5.41) is 11.6. The van der Waals surface area contributed by atoms with Crippen LogP contribution in [0.3, 0.4) is 0 Å². The Bertz CT molecular complexity index is 341. The number of rotatable bonds is 5. The molecule has 1 rings (SSSR count). The summed E-state index contributed by atoms with van der Waals surface area (Å²) in [5.74, 6) is -1.19. The highest BCUT2D eigenvalue weighted by atomic mass is 19.1. The fraction of sp³-hybridized carbons (Fsp3) is 0.364. The lowest BCUT2D eigenvalue weighted by molar-refractivity contribution is -0.139. The molecule has 0 heterocycles. The number of nitrogens with one attached hydrogen (secondary N) is 1. The van der Waals surface area contributed by atoms with E-state index in [-0.39, 0.29) is 5.82 Å². The van der Waals surface area contributed by atoms with E-state index in [2.05, 4.69) is 5.32 Å². The number of carboxylic acids is 1. The van der Waals surface area contributed by atoms with Crippen LogP contribution in [-0.4, -0.2) is 17.1 Å². The summed E-state index contributed by atoms with van der Waals surface area (Å²) in [6.07, 6.45) is 0.505. The van der Waals surface area contributed by atoms with Crippen molar-refractivity contribution in [3.05, 3.63) is 35.6 Å². The first-order valence-electron chi connectivity index (χ1n) is 4.84. The maximum atomic E-state index is 12.8. The first-order valence-corrected chi connectivity index (χ1v) is 4.84.